The van der Waals surface area contributed by atoms with E-state index < -0.39 is 10.8 Å². The molecule has 9 heteroatoms. The highest BCUT2D eigenvalue weighted by Crippen LogP contribution is 2.28. The van der Waals surface area contributed by atoms with E-state index in [0.29, 0.717) is 17.3 Å². The van der Waals surface area contributed by atoms with Crippen LogP contribution in [0.5, 0.6) is 0 Å². The van der Waals surface area contributed by atoms with Gasteiger partial charge in [0.2, 0.25) is 5.91 Å². The van der Waals surface area contributed by atoms with Gasteiger partial charge in [0.05, 0.1) is 33.8 Å². The van der Waals surface area contributed by atoms with Gasteiger partial charge in [-0.2, -0.15) is 5.10 Å². The molecule has 7 nitrogen and oxygen atoms in total. The highest BCUT2D eigenvalue weighted by Gasteiger charge is 2.21. The third kappa shape index (κ3) is 3.85. The molecule has 1 aromatic heterocycles. The van der Waals surface area contributed by atoms with Gasteiger partial charge < -0.3 is 5.32 Å². The fourth-order valence-electron chi connectivity index (χ4n) is 2.21. The molecule has 0 saturated carbocycles. The monoisotopic (exact) mass is 370 g/mol. The summed E-state index contributed by atoms with van der Waals surface area (Å²) < 4.78 is 1.65. The lowest BCUT2D eigenvalue weighted by Crippen LogP contribution is -2.25. The molecule has 2 aromatic rings. The van der Waals surface area contributed by atoms with Crippen molar-refractivity contribution >= 4 is 40.5 Å². The Morgan fingerprint density at radius 3 is 2.62 bits per heavy atom. The first-order chi connectivity index (χ1) is 11.2. The lowest BCUT2D eigenvalue weighted by Gasteiger charge is -2.13. The van der Waals surface area contributed by atoms with Gasteiger partial charge in [0.15, 0.2) is 0 Å². The van der Waals surface area contributed by atoms with E-state index in [1.807, 2.05) is 6.92 Å². The second-order valence-corrected chi connectivity index (χ2v) is 6.29. The van der Waals surface area contributed by atoms with Crippen LogP contribution in [-0.2, 0) is 11.3 Å². The molecule has 0 aliphatic rings. The molecule has 1 N–H and O–H groups in total. The topological polar surface area (TPSA) is 90.1 Å². The molecule has 1 aromatic carbocycles. The summed E-state index contributed by atoms with van der Waals surface area (Å²) in [6, 6.07) is 4.09. The number of nitro groups is 1. The van der Waals surface area contributed by atoms with Crippen LogP contribution < -0.4 is 5.32 Å². The predicted molar refractivity (Wildman–Crippen MR) is 92.6 cm³/mol. The van der Waals surface area contributed by atoms with E-state index >= 15 is 0 Å². The summed E-state index contributed by atoms with van der Waals surface area (Å²) in [6.45, 7) is 5.62. The molecule has 24 heavy (non-hydrogen) atoms. The van der Waals surface area contributed by atoms with Gasteiger partial charge in [0.1, 0.15) is 5.69 Å². The van der Waals surface area contributed by atoms with Crippen LogP contribution in [0, 0.1) is 29.9 Å². The molecule has 0 fully saturated rings. The number of nitrogens with zero attached hydrogens (tertiary/aromatic N) is 3. The first kappa shape index (κ1) is 18.2. The second kappa shape index (κ2) is 7.19. The third-order valence-corrected chi connectivity index (χ3v) is 4.38. The minimum absolute atomic E-state index is 0.104. The van der Waals surface area contributed by atoms with Gasteiger partial charge in [-0.05, 0) is 26.0 Å². The summed E-state index contributed by atoms with van der Waals surface area (Å²) in [5.41, 5.74) is 1.31. The van der Waals surface area contributed by atoms with Crippen LogP contribution in [0.3, 0.4) is 0 Å². The Morgan fingerprint density at radius 1 is 1.42 bits per heavy atom. The van der Waals surface area contributed by atoms with E-state index in [4.69, 9.17) is 23.2 Å². The number of aromatic nitrogens is 2. The summed E-state index contributed by atoms with van der Waals surface area (Å²) in [7, 11) is 0. The molecule has 0 radical (unpaired) electrons. The standard InChI is InChI=1S/C15H16Cl2N4O3/c1-8(7-20-10(3)14(17)9(2)19-20)15(22)18-12-5-4-11(16)6-13(12)21(23)24/h4-6,8H,7H2,1-3H3,(H,18,22)/t8-/m1/s1. The van der Waals surface area contributed by atoms with Crippen LogP contribution in [0.1, 0.15) is 18.3 Å². The Morgan fingerprint density at radius 2 is 2.08 bits per heavy atom. The minimum atomic E-state index is -0.590. The third-order valence-electron chi connectivity index (χ3n) is 3.60. The van der Waals surface area contributed by atoms with Crippen LogP contribution in [0.4, 0.5) is 11.4 Å². The van der Waals surface area contributed by atoms with Crippen molar-refractivity contribution in [3.63, 3.8) is 0 Å². The van der Waals surface area contributed by atoms with E-state index in [1.54, 1.807) is 18.5 Å². The average Bonchev–Trinajstić information content (AvgIpc) is 2.76. The molecule has 1 atom stereocenters. The predicted octanol–water partition coefficient (Wildman–Crippen LogP) is 3.99. The Labute approximate surface area is 148 Å². The second-order valence-electron chi connectivity index (χ2n) is 5.48. The zero-order valence-corrected chi connectivity index (χ0v) is 14.9. The van der Waals surface area contributed by atoms with E-state index in [9.17, 15) is 14.9 Å². The fourth-order valence-corrected chi connectivity index (χ4v) is 2.51. The van der Waals surface area contributed by atoms with Gasteiger partial charge >= 0.3 is 0 Å². The summed E-state index contributed by atoms with van der Waals surface area (Å²) >= 11 is 11.9. The number of amides is 1. The van der Waals surface area contributed by atoms with Gasteiger partial charge in [0.25, 0.3) is 5.69 Å². The zero-order valence-electron chi connectivity index (χ0n) is 13.3. The van der Waals surface area contributed by atoms with Crippen molar-refractivity contribution in [1.29, 1.82) is 0 Å². The molecule has 0 aliphatic heterocycles. The molecular weight excluding hydrogens is 355 g/mol. The quantitative estimate of drug-likeness (QED) is 0.636. The van der Waals surface area contributed by atoms with E-state index in [-0.39, 0.29) is 22.3 Å². The smallest absolute Gasteiger partial charge is 0.294 e. The largest absolute Gasteiger partial charge is 0.320 e. The van der Waals surface area contributed by atoms with E-state index in [1.165, 1.54) is 18.2 Å². The molecule has 0 unspecified atom stereocenters. The van der Waals surface area contributed by atoms with Crippen LogP contribution in [0.15, 0.2) is 18.2 Å². The normalized spacial score (nSPS) is 12.0. The van der Waals surface area contributed by atoms with Gasteiger partial charge in [-0.1, -0.05) is 30.1 Å². The molecule has 2 rings (SSSR count). The lowest BCUT2D eigenvalue weighted by molar-refractivity contribution is -0.383. The van der Waals surface area contributed by atoms with Crippen LogP contribution >= 0.6 is 23.2 Å². The molecule has 1 amide bonds. The van der Waals surface area contributed by atoms with Gasteiger partial charge in [-0.3, -0.25) is 19.6 Å². The van der Waals surface area contributed by atoms with Crippen molar-refractivity contribution in [1.82, 2.24) is 9.78 Å². The Kier molecular flexibility index (Phi) is 5.46. The molecule has 128 valence electrons. The maximum Gasteiger partial charge on any atom is 0.294 e. The number of carbonyl (C=O) groups excluding carboxylic acids is 1. The number of benzene rings is 1. The van der Waals surface area contributed by atoms with Crippen molar-refractivity contribution in [2.75, 3.05) is 5.32 Å². The molecule has 0 bridgehead atoms. The summed E-state index contributed by atoms with van der Waals surface area (Å²) in [6.07, 6.45) is 0. The number of nitrogens with one attached hydrogen (secondary N) is 1. The number of anilines is 1. The highest BCUT2D eigenvalue weighted by molar-refractivity contribution is 6.31. The van der Waals surface area contributed by atoms with Gasteiger partial charge in [0, 0.05) is 11.1 Å². The zero-order chi connectivity index (χ0) is 18.0. The van der Waals surface area contributed by atoms with Crippen LogP contribution in [0.25, 0.3) is 0 Å². The number of aryl methyl sites for hydroxylation is 1. The van der Waals surface area contributed by atoms with Crippen molar-refractivity contribution in [2.24, 2.45) is 5.92 Å². The van der Waals surface area contributed by atoms with Gasteiger partial charge in [-0.25, -0.2) is 0 Å². The number of carbonyl (C=O) groups is 1. The molecular formula is C15H16Cl2N4O3. The molecule has 1 heterocycles. The average molecular weight is 371 g/mol. The molecule has 0 saturated heterocycles. The van der Waals surface area contributed by atoms with Crippen molar-refractivity contribution in [3.8, 4) is 0 Å². The highest BCUT2D eigenvalue weighted by atomic mass is 35.5. The van der Waals surface area contributed by atoms with Crippen molar-refractivity contribution < 1.29 is 9.72 Å². The van der Waals surface area contributed by atoms with Crippen LogP contribution in [-0.4, -0.2) is 20.6 Å². The molecule has 0 aliphatic carbocycles. The summed E-state index contributed by atoms with van der Waals surface area (Å²) in [5, 5.41) is 18.7. The van der Waals surface area contributed by atoms with Crippen LogP contribution in [0.2, 0.25) is 10.0 Å². The van der Waals surface area contributed by atoms with Crippen molar-refractivity contribution in [2.45, 2.75) is 27.3 Å². The maximum absolute atomic E-state index is 12.3. The van der Waals surface area contributed by atoms with E-state index in [0.717, 1.165) is 5.69 Å². The number of rotatable bonds is 5. The maximum atomic E-state index is 12.3. The fraction of sp³-hybridized carbons (Fsp3) is 0.333. The Bertz CT molecular complexity index is 804. The first-order valence-corrected chi connectivity index (χ1v) is 7.90. The summed E-state index contributed by atoms with van der Waals surface area (Å²) in [4.78, 5) is 22.8. The number of hydrogen-bond acceptors (Lipinski definition) is 4. The van der Waals surface area contributed by atoms with E-state index in [2.05, 4.69) is 10.4 Å². The number of halogens is 2. The lowest BCUT2D eigenvalue weighted by atomic mass is 10.1. The SMILES string of the molecule is Cc1nn(C[C@@H](C)C(=O)Nc2ccc(Cl)cc2[N+](=O)[O-])c(C)c1Cl. The molecule has 0 spiro atoms. The Balaban J connectivity index is 2.15. The van der Waals surface area contributed by atoms with Crippen molar-refractivity contribution in [3.05, 3.63) is 49.7 Å². The number of nitro benzene ring substituents is 1. The number of hydrogen-bond donors (Lipinski definition) is 1. The first-order valence-electron chi connectivity index (χ1n) is 7.15. The van der Waals surface area contributed by atoms with Gasteiger partial charge in [-0.15, -0.1) is 0 Å². The minimum Gasteiger partial charge on any atom is -0.320 e. The summed E-state index contributed by atoms with van der Waals surface area (Å²) in [5.74, 6) is -0.821. The Hall–Kier alpha value is -2.12.